The molecule has 2 amide bonds. The highest BCUT2D eigenvalue weighted by molar-refractivity contribution is 5.97. The Balaban J connectivity index is 1.66. The number of hydrogen-bond acceptors (Lipinski definition) is 4. The van der Waals surface area contributed by atoms with E-state index >= 15 is 0 Å². The maximum atomic E-state index is 12.7. The highest BCUT2D eigenvalue weighted by Gasteiger charge is 2.29. The Morgan fingerprint density at radius 2 is 1.62 bits per heavy atom. The van der Waals surface area contributed by atoms with Gasteiger partial charge in [-0.3, -0.25) is 9.59 Å². The molecule has 0 spiro atoms. The van der Waals surface area contributed by atoms with Crippen LogP contribution in [0.3, 0.4) is 0 Å². The van der Waals surface area contributed by atoms with Crippen molar-refractivity contribution in [2.75, 3.05) is 26.2 Å². The highest BCUT2D eigenvalue weighted by atomic mass is 16.5. The number of hydrogen-bond donors (Lipinski definition) is 0. The van der Waals surface area contributed by atoms with E-state index in [2.05, 4.69) is 5.16 Å². The molecule has 24 heavy (non-hydrogen) atoms. The van der Waals surface area contributed by atoms with Crippen molar-refractivity contribution in [3.8, 4) is 0 Å². The van der Waals surface area contributed by atoms with Gasteiger partial charge in [0.25, 0.3) is 11.8 Å². The summed E-state index contributed by atoms with van der Waals surface area (Å²) in [5, 5.41) is 3.95. The Morgan fingerprint density at radius 1 is 1.04 bits per heavy atom. The molecular formula is C18H21N3O3. The van der Waals surface area contributed by atoms with Gasteiger partial charge in [-0.05, 0) is 25.5 Å². The predicted octanol–water partition coefficient (Wildman–Crippen LogP) is 2.14. The summed E-state index contributed by atoms with van der Waals surface area (Å²) in [6.45, 7) is 5.81. The fourth-order valence-electron chi connectivity index (χ4n) is 2.97. The molecule has 6 nitrogen and oxygen atoms in total. The molecule has 0 saturated carbocycles. The molecule has 0 radical (unpaired) electrons. The lowest BCUT2D eigenvalue weighted by atomic mass is 10.1. The monoisotopic (exact) mass is 327 g/mol. The van der Waals surface area contributed by atoms with E-state index in [9.17, 15) is 9.59 Å². The van der Waals surface area contributed by atoms with Gasteiger partial charge in [-0.2, -0.15) is 0 Å². The Morgan fingerprint density at radius 3 is 2.21 bits per heavy atom. The Hall–Kier alpha value is -2.63. The summed E-state index contributed by atoms with van der Waals surface area (Å²) in [7, 11) is 0. The zero-order chi connectivity index (χ0) is 17.1. The van der Waals surface area contributed by atoms with Crippen LogP contribution >= 0.6 is 0 Å². The average molecular weight is 327 g/mol. The Bertz CT molecular complexity index is 731. The molecule has 1 aromatic carbocycles. The van der Waals surface area contributed by atoms with E-state index in [0.717, 1.165) is 0 Å². The molecule has 126 valence electrons. The van der Waals surface area contributed by atoms with E-state index < -0.39 is 0 Å². The number of benzene rings is 1. The summed E-state index contributed by atoms with van der Waals surface area (Å²) in [5.41, 5.74) is 1.95. The zero-order valence-corrected chi connectivity index (χ0v) is 14.0. The first-order chi connectivity index (χ1) is 11.6. The molecule has 1 aliphatic heterocycles. The number of carbonyl (C=O) groups excluding carboxylic acids is 2. The van der Waals surface area contributed by atoms with Crippen LogP contribution in [0, 0.1) is 6.92 Å². The minimum absolute atomic E-state index is 0.0121. The fraction of sp³-hybridized carbons (Fsp3) is 0.389. The van der Waals surface area contributed by atoms with Gasteiger partial charge in [0.05, 0.1) is 5.69 Å². The lowest BCUT2D eigenvalue weighted by Gasteiger charge is -2.34. The second kappa shape index (κ2) is 6.86. The van der Waals surface area contributed by atoms with Crippen molar-refractivity contribution < 1.29 is 14.1 Å². The van der Waals surface area contributed by atoms with Crippen molar-refractivity contribution in [1.82, 2.24) is 15.0 Å². The van der Waals surface area contributed by atoms with E-state index in [-0.39, 0.29) is 11.8 Å². The van der Waals surface area contributed by atoms with Crippen LogP contribution in [-0.2, 0) is 6.42 Å². The summed E-state index contributed by atoms with van der Waals surface area (Å²) in [6, 6.07) is 9.23. The van der Waals surface area contributed by atoms with Crippen LogP contribution in [0.25, 0.3) is 0 Å². The molecule has 3 rings (SSSR count). The predicted molar refractivity (Wildman–Crippen MR) is 88.9 cm³/mol. The molecule has 1 aromatic heterocycles. The first kappa shape index (κ1) is 16.2. The second-order valence-electron chi connectivity index (χ2n) is 5.86. The smallest absolute Gasteiger partial charge is 0.259 e. The fourth-order valence-corrected chi connectivity index (χ4v) is 2.97. The molecule has 2 heterocycles. The number of piperazine rings is 1. The SMILES string of the molecule is CCc1noc(C)c1C(=O)N1CCN(C(=O)c2ccccc2)CC1. The maximum absolute atomic E-state index is 12.7. The van der Waals surface area contributed by atoms with Gasteiger partial charge < -0.3 is 14.3 Å². The van der Waals surface area contributed by atoms with Crippen molar-refractivity contribution in [2.24, 2.45) is 0 Å². The number of carbonyl (C=O) groups is 2. The van der Waals surface area contributed by atoms with Gasteiger partial charge in [0.1, 0.15) is 11.3 Å². The van der Waals surface area contributed by atoms with Gasteiger partial charge >= 0.3 is 0 Å². The third-order valence-electron chi connectivity index (χ3n) is 4.36. The number of amides is 2. The third-order valence-corrected chi connectivity index (χ3v) is 4.36. The average Bonchev–Trinajstić information content (AvgIpc) is 3.02. The molecule has 0 bridgehead atoms. The summed E-state index contributed by atoms with van der Waals surface area (Å²) >= 11 is 0. The Labute approximate surface area is 141 Å². The Kier molecular flexibility index (Phi) is 4.64. The van der Waals surface area contributed by atoms with E-state index in [0.29, 0.717) is 55.2 Å². The van der Waals surface area contributed by atoms with Gasteiger partial charge in [0, 0.05) is 31.7 Å². The highest BCUT2D eigenvalue weighted by Crippen LogP contribution is 2.18. The van der Waals surface area contributed by atoms with E-state index in [4.69, 9.17) is 4.52 Å². The largest absolute Gasteiger partial charge is 0.361 e. The van der Waals surface area contributed by atoms with Gasteiger partial charge in [-0.15, -0.1) is 0 Å². The van der Waals surface area contributed by atoms with Crippen LogP contribution in [0.15, 0.2) is 34.9 Å². The van der Waals surface area contributed by atoms with Gasteiger partial charge in [0.15, 0.2) is 0 Å². The van der Waals surface area contributed by atoms with Crippen LogP contribution in [0.1, 0.15) is 39.1 Å². The van der Waals surface area contributed by atoms with E-state index in [1.54, 1.807) is 16.7 Å². The van der Waals surface area contributed by atoms with Crippen molar-refractivity contribution >= 4 is 11.8 Å². The van der Waals surface area contributed by atoms with Crippen LogP contribution in [0.4, 0.5) is 0 Å². The molecule has 0 atom stereocenters. The first-order valence-corrected chi connectivity index (χ1v) is 8.20. The lowest BCUT2D eigenvalue weighted by molar-refractivity contribution is 0.0534. The molecule has 0 N–H and O–H groups in total. The van der Waals surface area contributed by atoms with Crippen molar-refractivity contribution in [3.05, 3.63) is 52.9 Å². The van der Waals surface area contributed by atoms with Crippen LogP contribution in [0.5, 0.6) is 0 Å². The molecule has 0 aliphatic carbocycles. The maximum Gasteiger partial charge on any atom is 0.259 e. The number of aryl methyl sites for hydroxylation is 2. The van der Waals surface area contributed by atoms with Gasteiger partial charge in [0.2, 0.25) is 0 Å². The minimum Gasteiger partial charge on any atom is -0.361 e. The van der Waals surface area contributed by atoms with Crippen molar-refractivity contribution in [3.63, 3.8) is 0 Å². The van der Waals surface area contributed by atoms with Crippen LogP contribution < -0.4 is 0 Å². The minimum atomic E-state index is -0.0580. The number of nitrogens with zero attached hydrogens (tertiary/aromatic N) is 3. The molecule has 1 fully saturated rings. The van der Waals surface area contributed by atoms with Gasteiger partial charge in [-0.25, -0.2) is 0 Å². The lowest BCUT2D eigenvalue weighted by Crippen LogP contribution is -2.50. The van der Waals surface area contributed by atoms with Crippen LogP contribution in [-0.4, -0.2) is 52.9 Å². The standard InChI is InChI=1S/C18H21N3O3/c1-3-15-16(13(2)24-19-15)18(23)21-11-9-20(10-12-21)17(22)14-7-5-4-6-8-14/h4-8H,3,9-12H2,1-2H3. The molecule has 1 saturated heterocycles. The van der Waals surface area contributed by atoms with Gasteiger partial charge in [-0.1, -0.05) is 30.3 Å². The van der Waals surface area contributed by atoms with Crippen molar-refractivity contribution in [2.45, 2.75) is 20.3 Å². The summed E-state index contributed by atoms with van der Waals surface area (Å²) in [4.78, 5) is 28.8. The number of aromatic nitrogens is 1. The molecule has 1 aliphatic rings. The van der Waals surface area contributed by atoms with Crippen LogP contribution in [0.2, 0.25) is 0 Å². The van der Waals surface area contributed by atoms with E-state index in [1.807, 2.05) is 37.3 Å². The first-order valence-electron chi connectivity index (χ1n) is 8.20. The summed E-state index contributed by atoms with van der Waals surface area (Å²) < 4.78 is 5.15. The summed E-state index contributed by atoms with van der Waals surface area (Å²) in [5.74, 6) is 0.509. The molecule has 6 heteroatoms. The normalized spacial score (nSPS) is 14.8. The van der Waals surface area contributed by atoms with Crippen molar-refractivity contribution in [1.29, 1.82) is 0 Å². The third kappa shape index (κ3) is 3.04. The topological polar surface area (TPSA) is 66.7 Å². The number of rotatable bonds is 3. The quantitative estimate of drug-likeness (QED) is 0.866. The molecule has 2 aromatic rings. The summed E-state index contributed by atoms with van der Waals surface area (Å²) in [6.07, 6.45) is 0.658. The zero-order valence-electron chi connectivity index (χ0n) is 14.0. The second-order valence-corrected chi connectivity index (χ2v) is 5.86. The molecule has 0 unspecified atom stereocenters. The van der Waals surface area contributed by atoms with E-state index in [1.165, 1.54) is 0 Å². The molecular weight excluding hydrogens is 306 g/mol.